The van der Waals surface area contributed by atoms with Gasteiger partial charge in [0.25, 0.3) is 0 Å². The Morgan fingerprint density at radius 1 is 0.654 bits per heavy atom. The molecule has 11 nitrogen and oxygen atoms in total. The van der Waals surface area contributed by atoms with Crippen LogP contribution in [0.4, 0.5) is 4.79 Å². The summed E-state index contributed by atoms with van der Waals surface area (Å²) in [5.41, 5.74) is 6.04. The van der Waals surface area contributed by atoms with Crippen molar-refractivity contribution in [2.75, 3.05) is 33.8 Å². The Hall–Kier alpha value is -6.46. The smallest absolute Gasteiger partial charge is 0.407 e. The fraction of sp³-hybridized carbons (Fsp3) is 0.470. The SMILES string of the molecule is CC[C@H](C)[C@H](NC(=O)OCC1c2ccccc2-c2ccccc21)C(=O)N(C)[C@H](C(=O)N(C)[C@@H](CC(=O)OC(c1ccccc1)(c1ccc(C2CCCCCCC2)cc1)c1ccccc1Cl)C(=O)N1CCCCC1)C1CCCC1. The van der Waals surface area contributed by atoms with Crippen molar-refractivity contribution >= 4 is 41.4 Å². The fourth-order valence-electron chi connectivity index (χ4n) is 13.1. The summed E-state index contributed by atoms with van der Waals surface area (Å²) < 4.78 is 13.0. The Balaban J connectivity index is 1.00. The van der Waals surface area contributed by atoms with Gasteiger partial charge in [-0.1, -0.05) is 198 Å². The lowest BCUT2D eigenvalue weighted by atomic mass is 9.78. The molecule has 1 unspecified atom stereocenters. The summed E-state index contributed by atoms with van der Waals surface area (Å²) in [5.74, 6) is -2.19. The molecule has 4 amide bonds. The number of esters is 1. The number of fused-ring (bicyclic) bond motifs is 3. The van der Waals surface area contributed by atoms with E-state index in [1.54, 1.807) is 25.1 Å². The molecule has 412 valence electrons. The molecule has 2 saturated carbocycles. The number of hydrogen-bond donors (Lipinski definition) is 1. The first-order valence-corrected chi connectivity index (χ1v) is 29.3. The largest absolute Gasteiger partial charge is 0.449 e. The van der Waals surface area contributed by atoms with Crippen LogP contribution in [0.15, 0.2) is 127 Å². The molecule has 1 saturated heterocycles. The van der Waals surface area contributed by atoms with E-state index in [1.807, 2.05) is 86.6 Å². The van der Waals surface area contributed by atoms with E-state index in [1.165, 1.54) is 47.5 Å². The van der Waals surface area contributed by atoms with Gasteiger partial charge in [0, 0.05) is 54.8 Å². The average Bonchev–Trinajstić information content (AvgIpc) is 4.14. The second-order valence-electron chi connectivity index (χ2n) is 22.5. The van der Waals surface area contributed by atoms with Gasteiger partial charge in [-0.15, -0.1) is 0 Å². The van der Waals surface area contributed by atoms with Crippen LogP contribution in [0.2, 0.25) is 5.02 Å². The third-order valence-electron chi connectivity index (χ3n) is 17.7. The van der Waals surface area contributed by atoms with Crippen molar-refractivity contribution in [2.24, 2.45) is 11.8 Å². The lowest BCUT2D eigenvalue weighted by molar-refractivity contribution is -0.161. The number of nitrogens with zero attached hydrogens (tertiary/aromatic N) is 3. The third-order valence-corrected chi connectivity index (χ3v) is 18.0. The lowest BCUT2D eigenvalue weighted by Gasteiger charge is -2.40. The summed E-state index contributed by atoms with van der Waals surface area (Å²) in [5, 5.41) is 3.33. The molecule has 1 heterocycles. The summed E-state index contributed by atoms with van der Waals surface area (Å²) in [4.78, 5) is 79.6. The van der Waals surface area contributed by atoms with E-state index in [4.69, 9.17) is 21.1 Å². The van der Waals surface area contributed by atoms with Crippen molar-refractivity contribution in [2.45, 2.75) is 152 Å². The highest BCUT2D eigenvalue weighted by Gasteiger charge is 2.47. The maximum Gasteiger partial charge on any atom is 0.407 e. The van der Waals surface area contributed by atoms with Crippen molar-refractivity contribution < 1.29 is 33.4 Å². The third kappa shape index (κ3) is 12.2. The van der Waals surface area contributed by atoms with E-state index in [2.05, 4.69) is 53.8 Å². The van der Waals surface area contributed by atoms with Gasteiger partial charge in [0.05, 0.1) is 6.42 Å². The first-order chi connectivity index (χ1) is 37.9. The summed E-state index contributed by atoms with van der Waals surface area (Å²) in [6, 6.07) is 38.4. The second-order valence-corrected chi connectivity index (χ2v) is 22.9. The summed E-state index contributed by atoms with van der Waals surface area (Å²) in [6.07, 6.45) is 13.5. The van der Waals surface area contributed by atoms with E-state index < -0.39 is 54.0 Å². The van der Waals surface area contributed by atoms with E-state index in [-0.39, 0.29) is 30.3 Å². The van der Waals surface area contributed by atoms with Gasteiger partial charge in [-0.3, -0.25) is 19.2 Å². The minimum Gasteiger partial charge on any atom is -0.449 e. The van der Waals surface area contributed by atoms with Crippen molar-refractivity contribution in [3.8, 4) is 11.1 Å². The maximum absolute atomic E-state index is 15.6. The van der Waals surface area contributed by atoms with Crippen LogP contribution in [0.1, 0.15) is 162 Å². The number of nitrogens with one attached hydrogen (secondary N) is 1. The molecule has 4 aliphatic rings. The molecule has 0 radical (unpaired) electrons. The Morgan fingerprint density at radius 2 is 1.21 bits per heavy atom. The van der Waals surface area contributed by atoms with E-state index in [0.717, 1.165) is 67.2 Å². The van der Waals surface area contributed by atoms with Crippen LogP contribution in [0.5, 0.6) is 0 Å². The zero-order chi connectivity index (χ0) is 54.8. The zero-order valence-electron chi connectivity index (χ0n) is 46.2. The van der Waals surface area contributed by atoms with Crippen molar-refractivity contribution in [3.63, 3.8) is 0 Å². The molecule has 5 aromatic rings. The number of likely N-dealkylation sites (tertiary alicyclic amines) is 1. The molecule has 0 bridgehead atoms. The number of ether oxygens (including phenoxy) is 2. The number of amides is 4. The topological polar surface area (TPSA) is 126 Å². The number of piperidine rings is 1. The highest BCUT2D eigenvalue weighted by atomic mass is 35.5. The monoisotopic (exact) mass is 1070 g/mol. The van der Waals surface area contributed by atoms with Gasteiger partial charge in [0.2, 0.25) is 17.7 Å². The maximum atomic E-state index is 15.6. The molecule has 1 aliphatic heterocycles. The second kappa shape index (κ2) is 26.0. The lowest BCUT2D eigenvalue weighted by Crippen LogP contribution is -2.60. The minimum atomic E-state index is -1.54. The number of hydrogen-bond acceptors (Lipinski definition) is 7. The predicted octanol–water partition coefficient (Wildman–Crippen LogP) is 13.2. The van der Waals surface area contributed by atoms with Gasteiger partial charge < -0.3 is 29.5 Å². The molecule has 0 aromatic heterocycles. The number of likely N-dealkylation sites (N-methyl/N-ethyl adjacent to an activating group) is 2. The zero-order valence-corrected chi connectivity index (χ0v) is 46.9. The number of halogens is 1. The van der Waals surface area contributed by atoms with E-state index in [9.17, 15) is 4.79 Å². The first kappa shape index (κ1) is 56.3. The van der Waals surface area contributed by atoms with Crippen LogP contribution >= 0.6 is 11.6 Å². The van der Waals surface area contributed by atoms with Crippen LogP contribution in [0.25, 0.3) is 11.1 Å². The first-order valence-electron chi connectivity index (χ1n) is 29.0. The molecular weight excluding hydrogens is 996 g/mol. The molecular formula is C66H79ClN4O7. The van der Waals surface area contributed by atoms with Crippen LogP contribution in [-0.2, 0) is 34.3 Å². The number of carbonyl (C=O) groups excluding carboxylic acids is 5. The van der Waals surface area contributed by atoms with Gasteiger partial charge in [-0.25, -0.2) is 4.79 Å². The molecule has 9 rings (SSSR count). The normalized spacial score (nSPS) is 18.4. The van der Waals surface area contributed by atoms with Crippen molar-refractivity contribution in [1.29, 1.82) is 0 Å². The molecule has 5 aromatic carbocycles. The fourth-order valence-corrected chi connectivity index (χ4v) is 13.3. The number of rotatable bonds is 18. The quantitative estimate of drug-likeness (QED) is 0.0684. The highest BCUT2D eigenvalue weighted by molar-refractivity contribution is 6.31. The van der Waals surface area contributed by atoms with Crippen molar-refractivity contribution in [3.05, 3.63) is 166 Å². The number of alkyl carbamates (subject to hydrolysis) is 1. The Bertz CT molecular complexity index is 2810. The molecule has 78 heavy (non-hydrogen) atoms. The Labute approximate surface area is 467 Å². The Kier molecular flexibility index (Phi) is 18.8. The van der Waals surface area contributed by atoms with Crippen LogP contribution < -0.4 is 5.32 Å². The van der Waals surface area contributed by atoms with E-state index >= 15 is 19.2 Å². The predicted molar refractivity (Wildman–Crippen MR) is 307 cm³/mol. The summed E-state index contributed by atoms with van der Waals surface area (Å²) >= 11 is 7.17. The molecule has 0 spiro atoms. The van der Waals surface area contributed by atoms with Gasteiger partial charge >= 0.3 is 12.1 Å². The van der Waals surface area contributed by atoms with Crippen LogP contribution in [0.3, 0.4) is 0 Å². The Morgan fingerprint density at radius 3 is 1.83 bits per heavy atom. The van der Waals surface area contributed by atoms with Crippen LogP contribution in [0, 0.1) is 11.8 Å². The average molecular weight is 1080 g/mol. The van der Waals surface area contributed by atoms with Crippen LogP contribution in [-0.4, -0.2) is 96.4 Å². The van der Waals surface area contributed by atoms with Crippen molar-refractivity contribution in [1.82, 2.24) is 20.0 Å². The number of benzene rings is 5. The number of carbonyl (C=O) groups is 5. The van der Waals surface area contributed by atoms with Gasteiger partial charge in [0.15, 0.2) is 5.60 Å². The van der Waals surface area contributed by atoms with Gasteiger partial charge in [-0.05, 0) is 96.6 Å². The minimum absolute atomic E-state index is 0.0809. The molecule has 3 fully saturated rings. The molecule has 5 atom stereocenters. The summed E-state index contributed by atoms with van der Waals surface area (Å²) in [6.45, 7) is 4.94. The molecule has 3 aliphatic carbocycles. The molecule has 12 heteroatoms. The molecule has 1 N–H and O–H groups in total. The van der Waals surface area contributed by atoms with Gasteiger partial charge in [0.1, 0.15) is 24.7 Å². The standard InChI is InChI=1S/C66H79ClN4O7/c1-5-45(2)60(68-65(76)77-44-55-53-33-19-17-31-51(53)52-32-18-20-34-54(52)55)63(74)70(4)61(48-27-15-16-28-48)64(75)69(3)58(62(73)71-41-23-10-24-42-71)43-59(72)78-66(49-29-13-9-14-30-49,56-35-21-22-36-57(56)67)50-39-37-47(38-40-50)46-25-11-7-6-8-12-26-46/h9,13-14,17-22,29-40,45-46,48,55,58,60-61H,5-8,10-12,15-16,23-28,41-44H2,1-4H3,(H,68,76)/t45-,58-,60-,61-,66?/m0/s1. The van der Waals surface area contributed by atoms with Gasteiger partial charge in [-0.2, -0.15) is 0 Å². The van der Waals surface area contributed by atoms with E-state index in [0.29, 0.717) is 60.0 Å². The highest BCUT2D eigenvalue weighted by Crippen LogP contribution is 2.46. The summed E-state index contributed by atoms with van der Waals surface area (Å²) in [7, 11) is 3.21.